The Morgan fingerprint density at radius 1 is 1.33 bits per heavy atom. The quantitative estimate of drug-likeness (QED) is 0.723. The van der Waals surface area contributed by atoms with Crippen LogP contribution in [0.25, 0.3) is 0 Å². The third kappa shape index (κ3) is 3.26. The van der Waals surface area contributed by atoms with E-state index in [-0.39, 0.29) is 0 Å². The molecule has 0 aliphatic carbocycles. The summed E-state index contributed by atoms with van der Waals surface area (Å²) in [6.07, 6.45) is 7.53. The summed E-state index contributed by atoms with van der Waals surface area (Å²) in [5, 5.41) is 10.9. The number of nitrogens with two attached hydrogens (primary N) is 1. The van der Waals surface area contributed by atoms with Crippen molar-refractivity contribution in [3.63, 3.8) is 0 Å². The van der Waals surface area contributed by atoms with E-state index in [9.17, 15) is 0 Å². The molecule has 0 spiro atoms. The highest BCUT2D eigenvalue weighted by Gasteiger charge is 2.08. The number of nitrogen functional groups attached to an aromatic ring is 1. The van der Waals surface area contributed by atoms with Gasteiger partial charge < -0.3 is 11.1 Å². The van der Waals surface area contributed by atoms with E-state index in [1.807, 2.05) is 0 Å². The van der Waals surface area contributed by atoms with Gasteiger partial charge in [-0.2, -0.15) is 15.2 Å². The van der Waals surface area contributed by atoms with Crippen LogP contribution in [0.15, 0.2) is 28.3 Å². The van der Waals surface area contributed by atoms with Gasteiger partial charge in [-0.1, -0.05) is 13.3 Å². The average Bonchev–Trinajstić information content (AvgIpc) is 2.30. The highest BCUT2D eigenvalue weighted by molar-refractivity contribution is 5.46. The normalized spacial score (nSPS) is 13.1. The van der Waals surface area contributed by atoms with Gasteiger partial charge in [0.05, 0.1) is 11.9 Å². The molecule has 0 saturated heterocycles. The molecule has 1 aromatic heterocycles. The second-order valence-electron chi connectivity index (χ2n) is 4.22. The summed E-state index contributed by atoms with van der Waals surface area (Å²) in [6.45, 7) is 3.06. The fourth-order valence-electron chi connectivity index (χ4n) is 1.66. The smallest absolute Gasteiger partial charge is 0.221 e. The first kappa shape index (κ1) is 12.5. The van der Waals surface area contributed by atoms with Crippen LogP contribution >= 0.6 is 0 Å². The van der Waals surface area contributed by atoms with Crippen molar-refractivity contribution in [2.45, 2.75) is 32.6 Å². The molecule has 0 unspecified atom stereocenters. The van der Waals surface area contributed by atoms with E-state index < -0.39 is 0 Å². The van der Waals surface area contributed by atoms with Crippen LogP contribution in [-0.2, 0) is 6.42 Å². The lowest BCUT2D eigenvalue weighted by Crippen LogP contribution is -2.09. The van der Waals surface area contributed by atoms with Gasteiger partial charge in [0.2, 0.25) is 5.95 Å². The maximum Gasteiger partial charge on any atom is 0.221 e. The third-order valence-corrected chi connectivity index (χ3v) is 2.75. The summed E-state index contributed by atoms with van der Waals surface area (Å²) in [5.41, 5.74) is 7.71. The lowest BCUT2D eigenvalue weighted by molar-refractivity contribution is 0.817. The Bertz CT molecular complexity index is 466. The highest BCUT2D eigenvalue weighted by Crippen LogP contribution is 2.20. The summed E-state index contributed by atoms with van der Waals surface area (Å²) >= 11 is 0. The van der Waals surface area contributed by atoms with Crippen molar-refractivity contribution in [2.24, 2.45) is 10.2 Å². The Kier molecular flexibility index (Phi) is 4.22. The molecular weight excluding hydrogens is 228 g/mol. The van der Waals surface area contributed by atoms with Crippen molar-refractivity contribution in [1.82, 2.24) is 9.97 Å². The zero-order chi connectivity index (χ0) is 12.8. The van der Waals surface area contributed by atoms with E-state index in [0.717, 1.165) is 49.3 Å². The summed E-state index contributed by atoms with van der Waals surface area (Å²) < 4.78 is 0. The molecule has 1 aliphatic heterocycles. The van der Waals surface area contributed by atoms with Gasteiger partial charge >= 0.3 is 0 Å². The average molecular weight is 246 g/mol. The number of nitrogens with one attached hydrogen (secondary N) is 1. The molecule has 0 saturated carbocycles. The topological polar surface area (TPSA) is 88.5 Å². The zero-order valence-corrected chi connectivity index (χ0v) is 10.6. The Morgan fingerprint density at radius 3 is 2.83 bits per heavy atom. The molecule has 0 atom stereocenters. The maximum absolute atomic E-state index is 5.62. The summed E-state index contributed by atoms with van der Waals surface area (Å²) in [4.78, 5) is 8.29. The molecule has 0 amide bonds. The van der Waals surface area contributed by atoms with Crippen LogP contribution in [0.2, 0.25) is 0 Å². The molecule has 0 radical (unpaired) electrons. The molecule has 6 nitrogen and oxygen atoms in total. The number of aryl methyl sites for hydroxylation is 1. The van der Waals surface area contributed by atoms with Gasteiger partial charge in [0.15, 0.2) is 0 Å². The predicted molar refractivity (Wildman–Crippen MR) is 71.1 cm³/mol. The Labute approximate surface area is 106 Å². The van der Waals surface area contributed by atoms with Crippen LogP contribution in [0.1, 0.15) is 31.7 Å². The van der Waals surface area contributed by atoms with Gasteiger partial charge in [0, 0.05) is 18.3 Å². The number of hydrogen-bond donors (Lipinski definition) is 2. The van der Waals surface area contributed by atoms with Crippen molar-refractivity contribution in [3.05, 3.63) is 23.7 Å². The van der Waals surface area contributed by atoms with Gasteiger partial charge in [-0.15, -0.1) is 0 Å². The lowest BCUT2D eigenvalue weighted by atomic mass is 10.1. The first-order valence-corrected chi connectivity index (χ1v) is 6.24. The Morgan fingerprint density at radius 2 is 2.17 bits per heavy atom. The highest BCUT2D eigenvalue weighted by atomic mass is 15.2. The van der Waals surface area contributed by atoms with Gasteiger partial charge in [-0.25, -0.2) is 4.98 Å². The molecule has 1 aromatic rings. The van der Waals surface area contributed by atoms with Crippen molar-refractivity contribution in [3.8, 4) is 0 Å². The van der Waals surface area contributed by atoms with E-state index in [2.05, 4.69) is 32.4 Å². The molecule has 96 valence electrons. The van der Waals surface area contributed by atoms with Crippen molar-refractivity contribution in [2.75, 3.05) is 17.6 Å². The largest absolute Gasteiger partial charge is 0.370 e. The molecule has 0 bridgehead atoms. The van der Waals surface area contributed by atoms with Crippen LogP contribution in [-0.4, -0.2) is 16.5 Å². The van der Waals surface area contributed by atoms with E-state index in [1.54, 1.807) is 12.4 Å². The predicted octanol–water partition coefficient (Wildman–Crippen LogP) is 2.51. The number of azo groups is 1. The SMILES string of the molecule is CCCCNc1nc(N)ncc1CCC1=CN=N1. The minimum Gasteiger partial charge on any atom is -0.370 e. The molecule has 2 rings (SSSR count). The lowest BCUT2D eigenvalue weighted by Gasteiger charge is -2.11. The van der Waals surface area contributed by atoms with Gasteiger partial charge in [0.1, 0.15) is 5.82 Å². The molecule has 0 aromatic carbocycles. The van der Waals surface area contributed by atoms with E-state index in [0.29, 0.717) is 5.95 Å². The van der Waals surface area contributed by atoms with Crippen molar-refractivity contribution < 1.29 is 0 Å². The van der Waals surface area contributed by atoms with E-state index in [4.69, 9.17) is 5.73 Å². The fraction of sp³-hybridized carbons (Fsp3) is 0.500. The fourth-order valence-corrected chi connectivity index (χ4v) is 1.66. The van der Waals surface area contributed by atoms with Crippen LogP contribution in [0.4, 0.5) is 11.8 Å². The second-order valence-corrected chi connectivity index (χ2v) is 4.22. The Hall–Kier alpha value is -1.98. The monoisotopic (exact) mass is 246 g/mol. The summed E-state index contributed by atoms with van der Waals surface area (Å²) in [5.74, 6) is 1.15. The van der Waals surface area contributed by atoms with Crippen molar-refractivity contribution in [1.29, 1.82) is 0 Å². The summed E-state index contributed by atoms with van der Waals surface area (Å²) in [7, 11) is 0. The third-order valence-electron chi connectivity index (χ3n) is 2.75. The molecular formula is C12H18N6. The second kappa shape index (κ2) is 6.09. The maximum atomic E-state index is 5.62. The minimum absolute atomic E-state index is 0.306. The van der Waals surface area contributed by atoms with Crippen LogP contribution in [0.5, 0.6) is 0 Å². The number of unbranched alkanes of at least 4 members (excludes halogenated alkanes) is 1. The van der Waals surface area contributed by atoms with Gasteiger partial charge in [-0.3, -0.25) is 0 Å². The molecule has 0 fully saturated rings. The van der Waals surface area contributed by atoms with Crippen LogP contribution in [0, 0.1) is 0 Å². The number of rotatable bonds is 7. The van der Waals surface area contributed by atoms with Gasteiger partial charge in [-0.05, 0) is 19.3 Å². The first-order chi connectivity index (χ1) is 8.79. The number of nitrogens with zero attached hydrogens (tertiary/aromatic N) is 4. The van der Waals surface area contributed by atoms with Crippen LogP contribution in [0.3, 0.4) is 0 Å². The Balaban J connectivity index is 1.97. The minimum atomic E-state index is 0.306. The number of hydrogen-bond acceptors (Lipinski definition) is 6. The number of aromatic nitrogens is 2. The molecule has 6 heteroatoms. The summed E-state index contributed by atoms with van der Waals surface area (Å²) in [6, 6.07) is 0. The molecule has 2 heterocycles. The zero-order valence-electron chi connectivity index (χ0n) is 10.6. The molecule has 1 aliphatic rings. The van der Waals surface area contributed by atoms with E-state index >= 15 is 0 Å². The molecule has 3 N–H and O–H groups in total. The van der Waals surface area contributed by atoms with E-state index in [1.165, 1.54) is 0 Å². The number of allylic oxidation sites excluding steroid dienone is 1. The van der Waals surface area contributed by atoms with Crippen LogP contribution < -0.4 is 11.1 Å². The van der Waals surface area contributed by atoms with Gasteiger partial charge in [0.25, 0.3) is 0 Å². The van der Waals surface area contributed by atoms with Crippen molar-refractivity contribution >= 4 is 11.8 Å². The standard InChI is InChI=1S/C12H18N6/c1-2-3-6-14-11-9(7-15-12(13)17-11)4-5-10-8-16-18-10/h7-8H,2-6H2,1H3,(H3,13,14,15,17). The number of anilines is 2. The molecule has 18 heavy (non-hydrogen) atoms. The first-order valence-electron chi connectivity index (χ1n) is 6.24.